The zero-order valence-corrected chi connectivity index (χ0v) is 12.4. The Morgan fingerprint density at radius 1 is 1.30 bits per heavy atom. The fourth-order valence-corrected chi connectivity index (χ4v) is 2.50. The third kappa shape index (κ3) is 3.36. The van der Waals surface area contributed by atoms with Gasteiger partial charge in [-0.15, -0.1) is 5.10 Å². The third-order valence-corrected chi connectivity index (χ3v) is 3.52. The molecule has 106 valence electrons. The van der Waals surface area contributed by atoms with E-state index in [9.17, 15) is 9.90 Å². The molecule has 0 aliphatic heterocycles. The Bertz CT molecular complexity index is 602. The maximum absolute atomic E-state index is 12.0. The number of hydrogen-bond donors (Lipinski definition) is 1. The van der Waals surface area contributed by atoms with Gasteiger partial charge in [0, 0.05) is 5.56 Å². The average molecular weight is 292 g/mol. The summed E-state index contributed by atoms with van der Waals surface area (Å²) in [6, 6.07) is 6.20. The summed E-state index contributed by atoms with van der Waals surface area (Å²) in [6.07, 6.45) is 0. The number of phenolic OH excluding ortho intramolecular Hbond substituents is 1. The van der Waals surface area contributed by atoms with Crippen molar-refractivity contribution in [3.8, 4) is 5.75 Å². The van der Waals surface area contributed by atoms with Crippen molar-refractivity contribution in [2.45, 2.75) is 31.5 Å². The molecule has 0 fully saturated rings. The van der Waals surface area contributed by atoms with E-state index < -0.39 is 0 Å². The van der Waals surface area contributed by atoms with Crippen molar-refractivity contribution in [3.63, 3.8) is 0 Å². The van der Waals surface area contributed by atoms with Crippen LogP contribution in [0.25, 0.3) is 0 Å². The van der Waals surface area contributed by atoms with E-state index in [0.29, 0.717) is 10.7 Å². The molecule has 6 nitrogen and oxygen atoms in total. The Morgan fingerprint density at radius 2 is 1.95 bits per heavy atom. The van der Waals surface area contributed by atoms with Crippen LogP contribution in [0.15, 0.2) is 29.4 Å². The second kappa shape index (κ2) is 5.62. The van der Waals surface area contributed by atoms with Gasteiger partial charge in [0.2, 0.25) is 5.16 Å². The van der Waals surface area contributed by atoms with Crippen molar-refractivity contribution < 1.29 is 9.90 Å². The highest BCUT2D eigenvalue weighted by molar-refractivity contribution is 7.99. The molecule has 2 aromatic rings. The molecular formula is C13H16N4O2S. The molecule has 0 aliphatic rings. The van der Waals surface area contributed by atoms with E-state index in [4.69, 9.17) is 0 Å². The van der Waals surface area contributed by atoms with Gasteiger partial charge >= 0.3 is 0 Å². The maximum atomic E-state index is 12.0. The van der Waals surface area contributed by atoms with Gasteiger partial charge in [0.1, 0.15) is 5.75 Å². The number of benzene rings is 1. The van der Waals surface area contributed by atoms with Crippen LogP contribution in [0.3, 0.4) is 0 Å². The van der Waals surface area contributed by atoms with Gasteiger partial charge in [0.15, 0.2) is 5.78 Å². The lowest BCUT2D eigenvalue weighted by atomic mass is 10.1. The molecule has 1 aromatic carbocycles. The predicted molar refractivity (Wildman–Crippen MR) is 76.0 cm³/mol. The normalized spacial score (nSPS) is 11.6. The first-order valence-corrected chi connectivity index (χ1v) is 7.10. The van der Waals surface area contributed by atoms with Crippen molar-refractivity contribution in [1.29, 1.82) is 0 Å². The van der Waals surface area contributed by atoms with Gasteiger partial charge in [-0.3, -0.25) is 4.79 Å². The molecule has 20 heavy (non-hydrogen) atoms. The summed E-state index contributed by atoms with van der Waals surface area (Å²) in [5, 5.41) is 21.3. The minimum Gasteiger partial charge on any atom is -0.508 e. The van der Waals surface area contributed by atoms with Crippen molar-refractivity contribution >= 4 is 17.5 Å². The molecule has 1 heterocycles. The molecule has 0 saturated carbocycles. The third-order valence-electron chi connectivity index (χ3n) is 2.60. The van der Waals surface area contributed by atoms with E-state index in [-0.39, 0.29) is 22.8 Å². The lowest BCUT2D eigenvalue weighted by Gasteiger charge is -2.19. The van der Waals surface area contributed by atoms with Crippen molar-refractivity contribution in [2.75, 3.05) is 5.75 Å². The molecule has 0 atom stereocenters. The first-order chi connectivity index (χ1) is 9.38. The molecule has 2 rings (SSSR count). The highest BCUT2D eigenvalue weighted by atomic mass is 32.2. The second-order valence-corrected chi connectivity index (χ2v) is 6.25. The SMILES string of the molecule is CC(C)(C)n1nnnc1SCC(=O)c1ccc(O)cc1. The number of ketones is 1. The number of phenols is 1. The van der Waals surface area contributed by atoms with Crippen molar-refractivity contribution in [2.24, 2.45) is 0 Å². The number of nitrogens with zero attached hydrogens (tertiary/aromatic N) is 4. The summed E-state index contributed by atoms with van der Waals surface area (Å²) in [4.78, 5) is 12.0. The van der Waals surface area contributed by atoms with E-state index in [2.05, 4.69) is 15.5 Å². The number of tetrazole rings is 1. The molecule has 0 aliphatic carbocycles. The Labute approximate surface area is 121 Å². The first kappa shape index (κ1) is 14.5. The van der Waals surface area contributed by atoms with E-state index in [0.717, 1.165) is 0 Å². The second-order valence-electron chi connectivity index (χ2n) is 5.30. The van der Waals surface area contributed by atoms with Gasteiger partial charge in [-0.2, -0.15) is 0 Å². The highest BCUT2D eigenvalue weighted by Gasteiger charge is 2.20. The lowest BCUT2D eigenvalue weighted by molar-refractivity contribution is 0.102. The summed E-state index contributed by atoms with van der Waals surface area (Å²) in [5.41, 5.74) is 0.332. The lowest BCUT2D eigenvalue weighted by Crippen LogP contribution is -2.24. The molecule has 0 unspecified atom stereocenters. The molecular weight excluding hydrogens is 276 g/mol. The number of Topliss-reactive ketones (excluding diaryl/α,β-unsaturated/α-hetero) is 1. The highest BCUT2D eigenvalue weighted by Crippen LogP contribution is 2.22. The van der Waals surface area contributed by atoms with Gasteiger partial charge in [-0.05, 0) is 55.5 Å². The molecule has 1 N–H and O–H groups in total. The van der Waals surface area contributed by atoms with Crippen LogP contribution in [0.4, 0.5) is 0 Å². The number of rotatable bonds is 4. The smallest absolute Gasteiger partial charge is 0.210 e. The fraction of sp³-hybridized carbons (Fsp3) is 0.385. The molecule has 0 spiro atoms. The quantitative estimate of drug-likeness (QED) is 0.686. The molecule has 0 bridgehead atoms. The van der Waals surface area contributed by atoms with Crippen LogP contribution in [0.5, 0.6) is 5.75 Å². The van der Waals surface area contributed by atoms with E-state index in [1.807, 2.05) is 20.8 Å². The standard InChI is InChI=1S/C13H16N4O2S/c1-13(2,3)17-12(14-15-16-17)20-8-11(19)9-4-6-10(18)7-5-9/h4-7,18H,8H2,1-3H3. The van der Waals surface area contributed by atoms with Crippen LogP contribution in [0.1, 0.15) is 31.1 Å². The number of aromatic nitrogens is 4. The van der Waals surface area contributed by atoms with Gasteiger partial charge in [-0.1, -0.05) is 11.8 Å². The van der Waals surface area contributed by atoms with Crippen LogP contribution in [0, 0.1) is 0 Å². The van der Waals surface area contributed by atoms with Gasteiger partial charge in [0.25, 0.3) is 0 Å². The summed E-state index contributed by atoms with van der Waals surface area (Å²) < 4.78 is 1.70. The van der Waals surface area contributed by atoms with E-state index in [1.165, 1.54) is 23.9 Å². The number of aromatic hydroxyl groups is 1. The molecule has 0 radical (unpaired) electrons. The van der Waals surface area contributed by atoms with Crippen molar-refractivity contribution in [3.05, 3.63) is 29.8 Å². The van der Waals surface area contributed by atoms with Crippen LogP contribution in [-0.4, -0.2) is 36.8 Å². The Balaban J connectivity index is 2.04. The summed E-state index contributed by atoms with van der Waals surface area (Å²) in [5.74, 6) is 0.366. The predicted octanol–water partition coefficient (Wildman–Crippen LogP) is 2.11. The number of hydrogen-bond acceptors (Lipinski definition) is 6. The molecule has 7 heteroatoms. The monoisotopic (exact) mass is 292 g/mol. The van der Waals surface area contributed by atoms with Gasteiger partial charge in [0.05, 0.1) is 11.3 Å². The Morgan fingerprint density at radius 3 is 2.55 bits per heavy atom. The maximum Gasteiger partial charge on any atom is 0.210 e. The molecule has 0 amide bonds. The molecule has 1 aromatic heterocycles. The Kier molecular flexibility index (Phi) is 4.08. The topological polar surface area (TPSA) is 80.9 Å². The number of carbonyl (C=O) groups is 1. The fourth-order valence-electron chi connectivity index (χ4n) is 1.55. The first-order valence-electron chi connectivity index (χ1n) is 6.12. The van der Waals surface area contributed by atoms with E-state index >= 15 is 0 Å². The summed E-state index contributed by atoms with van der Waals surface area (Å²) in [7, 11) is 0. The zero-order valence-electron chi connectivity index (χ0n) is 11.6. The zero-order chi connectivity index (χ0) is 14.8. The summed E-state index contributed by atoms with van der Waals surface area (Å²) in [6.45, 7) is 5.99. The van der Waals surface area contributed by atoms with Gasteiger partial charge in [-0.25, -0.2) is 4.68 Å². The number of thioether (sulfide) groups is 1. The van der Waals surface area contributed by atoms with Gasteiger partial charge < -0.3 is 5.11 Å². The van der Waals surface area contributed by atoms with Crippen LogP contribution < -0.4 is 0 Å². The van der Waals surface area contributed by atoms with E-state index in [1.54, 1.807) is 16.8 Å². The molecule has 0 saturated heterocycles. The Hall–Kier alpha value is -1.89. The minimum atomic E-state index is -0.229. The average Bonchev–Trinajstić information content (AvgIpc) is 2.85. The van der Waals surface area contributed by atoms with Crippen LogP contribution in [0.2, 0.25) is 0 Å². The van der Waals surface area contributed by atoms with Crippen molar-refractivity contribution in [1.82, 2.24) is 20.2 Å². The summed E-state index contributed by atoms with van der Waals surface area (Å²) >= 11 is 1.30. The minimum absolute atomic E-state index is 0.0292. The largest absolute Gasteiger partial charge is 0.508 e. The van der Waals surface area contributed by atoms with Crippen LogP contribution >= 0.6 is 11.8 Å². The van der Waals surface area contributed by atoms with Crippen LogP contribution in [-0.2, 0) is 5.54 Å². The number of carbonyl (C=O) groups excluding carboxylic acids is 1.